The van der Waals surface area contributed by atoms with Crippen molar-refractivity contribution in [1.29, 1.82) is 0 Å². The molecule has 5 heteroatoms. The molecule has 0 aromatic heterocycles. The van der Waals surface area contributed by atoms with Gasteiger partial charge >= 0.3 is 0 Å². The molecule has 0 saturated heterocycles. The third kappa shape index (κ3) is 5.76. The molecule has 1 rings (SSSR count). The number of Topliss-reactive ketones (excluding diaryl/α,β-unsaturated/α-hetero) is 1. The molecule has 0 heterocycles. The number of carbonyl (C=O) groups is 2. The average Bonchev–Trinajstić information content (AvgIpc) is 2.43. The van der Waals surface area contributed by atoms with Gasteiger partial charge in [0.1, 0.15) is 0 Å². The van der Waals surface area contributed by atoms with Crippen molar-refractivity contribution in [3.63, 3.8) is 0 Å². The number of carbonyl (C=O) groups excluding carboxylic acids is 2. The number of ketones is 1. The standard InChI is InChI=1S/C17H25NO4/c1-11(2)8-12(3)18-17(20)10-22-15-7-6-14(13(4)19)9-16(15)21-5/h6-7,9,11-12H,8,10H2,1-5H3,(H,18,20)/t12-/m1/s1. The van der Waals surface area contributed by atoms with Crippen LogP contribution in [0.2, 0.25) is 0 Å². The van der Waals surface area contributed by atoms with Crippen LogP contribution in [0.3, 0.4) is 0 Å². The number of amides is 1. The molecule has 0 aliphatic rings. The first-order valence-electron chi connectivity index (χ1n) is 7.44. The zero-order valence-corrected chi connectivity index (χ0v) is 13.9. The van der Waals surface area contributed by atoms with Crippen molar-refractivity contribution in [3.8, 4) is 11.5 Å². The molecule has 0 unspecified atom stereocenters. The average molecular weight is 307 g/mol. The van der Waals surface area contributed by atoms with Crippen LogP contribution >= 0.6 is 0 Å². The summed E-state index contributed by atoms with van der Waals surface area (Å²) >= 11 is 0. The summed E-state index contributed by atoms with van der Waals surface area (Å²) in [6, 6.07) is 5.01. The van der Waals surface area contributed by atoms with Crippen molar-refractivity contribution in [1.82, 2.24) is 5.32 Å². The van der Waals surface area contributed by atoms with Gasteiger partial charge in [0.2, 0.25) is 0 Å². The zero-order chi connectivity index (χ0) is 16.7. The molecule has 22 heavy (non-hydrogen) atoms. The van der Waals surface area contributed by atoms with Crippen molar-refractivity contribution in [3.05, 3.63) is 23.8 Å². The normalized spacial score (nSPS) is 11.9. The monoisotopic (exact) mass is 307 g/mol. The van der Waals surface area contributed by atoms with Gasteiger partial charge in [0.15, 0.2) is 23.9 Å². The molecule has 0 radical (unpaired) electrons. The number of ether oxygens (including phenoxy) is 2. The second-order valence-corrected chi connectivity index (χ2v) is 5.81. The summed E-state index contributed by atoms with van der Waals surface area (Å²) in [5.74, 6) is 1.18. The van der Waals surface area contributed by atoms with E-state index >= 15 is 0 Å². The number of hydrogen-bond donors (Lipinski definition) is 1. The molecule has 5 nitrogen and oxygen atoms in total. The Labute approximate surface area is 132 Å². The van der Waals surface area contributed by atoms with E-state index in [2.05, 4.69) is 19.2 Å². The minimum Gasteiger partial charge on any atom is -0.493 e. The first-order chi connectivity index (χ1) is 10.3. The predicted molar refractivity (Wildman–Crippen MR) is 85.6 cm³/mol. The molecule has 0 aliphatic carbocycles. The quantitative estimate of drug-likeness (QED) is 0.750. The zero-order valence-electron chi connectivity index (χ0n) is 13.9. The van der Waals surface area contributed by atoms with Crippen molar-refractivity contribution < 1.29 is 19.1 Å². The van der Waals surface area contributed by atoms with Gasteiger partial charge in [0, 0.05) is 11.6 Å². The van der Waals surface area contributed by atoms with E-state index in [-0.39, 0.29) is 24.3 Å². The van der Waals surface area contributed by atoms with Crippen LogP contribution in [0.4, 0.5) is 0 Å². The van der Waals surface area contributed by atoms with Crippen LogP contribution in [0.15, 0.2) is 18.2 Å². The molecular formula is C17H25NO4. The van der Waals surface area contributed by atoms with E-state index in [0.29, 0.717) is 23.0 Å². The van der Waals surface area contributed by atoms with E-state index in [1.54, 1.807) is 18.2 Å². The van der Waals surface area contributed by atoms with Gasteiger partial charge < -0.3 is 14.8 Å². The fraction of sp³-hybridized carbons (Fsp3) is 0.529. The number of benzene rings is 1. The summed E-state index contributed by atoms with van der Waals surface area (Å²) in [5.41, 5.74) is 0.541. The number of methoxy groups -OCH3 is 1. The predicted octanol–water partition coefficient (Wildman–Crippen LogP) is 2.83. The second kappa shape index (κ2) is 8.41. The van der Waals surface area contributed by atoms with Gasteiger partial charge in [-0.05, 0) is 44.4 Å². The number of rotatable bonds is 8. The van der Waals surface area contributed by atoms with Crippen LogP contribution in [0, 0.1) is 5.92 Å². The molecule has 0 bridgehead atoms. The van der Waals surface area contributed by atoms with Crippen molar-refractivity contribution in [2.75, 3.05) is 13.7 Å². The van der Waals surface area contributed by atoms with Gasteiger partial charge in [-0.15, -0.1) is 0 Å². The van der Waals surface area contributed by atoms with E-state index in [4.69, 9.17) is 9.47 Å². The highest BCUT2D eigenvalue weighted by atomic mass is 16.5. The number of hydrogen-bond acceptors (Lipinski definition) is 4. The Morgan fingerprint density at radius 1 is 1.18 bits per heavy atom. The van der Waals surface area contributed by atoms with Gasteiger partial charge in [-0.25, -0.2) is 0 Å². The van der Waals surface area contributed by atoms with Crippen LogP contribution in [-0.2, 0) is 4.79 Å². The highest BCUT2D eigenvalue weighted by Gasteiger charge is 2.12. The van der Waals surface area contributed by atoms with Crippen LogP contribution < -0.4 is 14.8 Å². The van der Waals surface area contributed by atoms with E-state index in [9.17, 15) is 9.59 Å². The van der Waals surface area contributed by atoms with E-state index < -0.39 is 0 Å². The fourth-order valence-electron chi connectivity index (χ4n) is 2.23. The van der Waals surface area contributed by atoms with Gasteiger partial charge in [0.05, 0.1) is 7.11 Å². The maximum absolute atomic E-state index is 11.9. The fourth-order valence-corrected chi connectivity index (χ4v) is 2.23. The lowest BCUT2D eigenvalue weighted by atomic mass is 10.1. The summed E-state index contributed by atoms with van der Waals surface area (Å²) in [6.45, 7) is 7.60. The lowest BCUT2D eigenvalue weighted by Gasteiger charge is -2.16. The molecule has 1 atom stereocenters. The SMILES string of the molecule is COc1cc(C(C)=O)ccc1OCC(=O)N[C@H](C)CC(C)C. The highest BCUT2D eigenvalue weighted by molar-refractivity contribution is 5.94. The highest BCUT2D eigenvalue weighted by Crippen LogP contribution is 2.28. The van der Waals surface area contributed by atoms with E-state index in [1.165, 1.54) is 14.0 Å². The Balaban J connectivity index is 2.60. The Bertz CT molecular complexity index is 525. The lowest BCUT2D eigenvalue weighted by molar-refractivity contribution is -0.123. The maximum Gasteiger partial charge on any atom is 0.258 e. The minimum absolute atomic E-state index is 0.0508. The largest absolute Gasteiger partial charge is 0.493 e. The Morgan fingerprint density at radius 3 is 2.41 bits per heavy atom. The Kier molecular flexibility index (Phi) is 6.89. The molecule has 0 fully saturated rings. The lowest BCUT2D eigenvalue weighted by Crippen LogP contribution is -2.36. The Morgan fingerprint density at radius 2 is 1.86 bits per heavy atom. The molecule has 1 amide bonds. The smallest absolute Gasteiger partial charge is 0.258 e. The maximum atomic E-state index is 11.9. The van der Waals surface area contributed by atoms with Gasteiger partial charge in [0.25, 0.3) is 5.91 Å². The number of nitrogens with one attached hydrogen (secondary N) is 1. The topological polar surface area (TPSA) is 64.6 Å². The van der Waals surface area contributed by atoms with E-state index in [1.807, 2.05) is 6.92 Å². The van der Waals surface area contributed by atoms with Crippen LogP contribution in [-0.4, -0.2) is 31.4 Å². The van der Waals surface area contributed by atoms with E-state index in [0.717, 1.165) is 6.42 Å². The summed E-state index contributed by atoms with van der Waals surface area (Å²) in [5, 5.41) is 2.89. The van der Waals surface area contributed by atoms with Crippen LogP contribution in [0.1, 0.15) is 44.5 Å². The summed E-state index contributed by atoms with van der Waals surface area (Å²) in [7, 11) is 1.50. The van der Waals surface area contributed by atoms with Gasteiger partial charge in [-0.3, -0.25) is 9.59 Å². The molecule has 0 aliphatic heterocycles. The molecular weight excluding hydrogens is 282 g/mol. The third-order valence-electron chi connectivity index (χ3n) is 3.16. The first kappa shape index (κ1) is 18.0. The van der Waals surface area contributed by atoms with Crippen molar-refractivity contribution in [2.24, 2.45) is 5.92 Å². The first-order valence-corrected chi connectivity index (χ1v) is 7.44. The van der Waals surface area contributed by atoms with Crippen LogP contribution in [0.5, 0.6) is 11.5 Å². The summed E-state index contributed by atoms with van der Waals surface area (Å²) < 4.78 is 10.7. The molecule has 1 aromatic carbocycles. The second-order valence-electron chi connectivity index (χ2n) is 5.81. The summed E-state index contributed by atoms with van der Waals surface area (Å²) in [4.78, 5) is 23.2. The summed E-state index contributed by atoms with van der Waals surface area (Å²) in [6.07, 6.45) is 0.919. The molecule has 1 N–H and O–H groups in total. The van der Waals surface area contributed by atoms with Gasteiger partial charge in [-0.2, -0.15) is 0 Å². The van der Waals surface area contributed by atoms with Crippen molar-refractivity contribution in [2.45, 2.75) is 40.2 Å². The Hall–Kier alpha value is -2.04. The molecule has 0 spiro atoms. The third-order valence-corrected chi connectivity index (χ3v) is 3.16. The van der Waals surface area contributed by atoms with Gasteiger partial charge in [-0.1, -0.05) is 13.8 Å². The minimum atomic E-state index is -0.175. The molecule has 122 valence electrons. The molecule has 1 aromatic rings. The van der Waals surface area contributed by atoms with Crippen molar-refractivity contribution >= 4 is 11.7 Å². The molecule has 0 saturated carbocycles. The van der Waals surface area contributed by atoms with Crippen LogP contribution in [0.25, 0.3) is 0 Å².